The molecule has 0 aliphatic carbocycles. The van der Waals surface area contributed by atoms with E-state index in [0.717, 1.165) is 11.4 Å². The molecule has 128 valence electrons. The lowest BCUT2D eigenvalue weighted by Crippen LogP contribution is -2.39. The summed E-state index contributed by atoms with van der Waals surface area (Å²) >= 11 is 9.03. The van der Waals surface area contributed by atoms with Crippen LogP contribution in [0.1, 0.15) is 27.7 Å². The molecular weight excluding hydrogens is 465 g/mol. The van der Waals surface area contributed by atoms with E-state index in [2.05, 4.69) is 34.7 Å². The molecule has 0 saturated carbocycles. The molecule has 0 saturated heterocycles. The highest BCUT2D eigenvalue weighted by molar-refractivity contribution is 14.0. The number of aliphatic hydroxyl groups is 1. The number of hydrogen-bond donors (Lipinski definition) is 3. The summed E-state index contributed by atoms with van der Waals surface area (Å²) in [6.07, 6.45) is -0.592. The molecule has 2 aromatic heterocycles. The van der Waals surface area contributed by atoms with E-state index in [1.165, 1.54) is 21.1 Å². The molecule has 0 fully saturated rings. The first-order chi connectivity index (χ1) is 10.6. The SMILES string of the molecule is CCNC(=NCc1ccc(C)s1)NCC(O)c1ccc(Cl)s1.I. The maximum Gasteiger partial charge on any atom is 0.191 e. The van der Waals surface area contributed by atoms with Crippen LogP contribution in [-0.4, -0.2) is 24.2 Å². The van der Waals surface area contributed by atoms with Gasteiger partial charge in [-0.3, -0.25) is 0 Å². The second-order valence-corrected chi connectivity index (χ2v) is 7.87. The number of rotatable bonds is 6. The normalized spacial score (nSPS) is 12.6. The third-order valence-corrected chi connectivity index (χ3v) is 5.24. The Balaban J connectivity index is 0.00000264. The summed E-state index contributed by atoms with van der Waals surface area (Å²) in [4.78, 5) is 7.90. The number of aliphatic imine (C=N–C) groups is 1. The fourth-order valence-corrected chi connectivity index (χ4v) is 3.73. The monoisotopic (exact) mass is 485 g/mol. The van der Waals surface area contributed by atoms with E-state index in [-0.39, 0.29) is 24.0 Å². The molecule has 1 unspecified atom stereocenters. The number of guanidine groups is 1. The molecule has 0 radical (unpaired) electrons. The highest BCUT2D eigenvalue weighted by Crippen LogP contribution is 2.26. The molecule has 2 heterocycles. The molecule has 0 bridgehead atoms. The van der Waals surface area contributed by atoms with Gasteiger partial charge in [0, 0.05) is 27.7 Å². The fraction of sp³-hybridized carbons (Fsp3) is 0.400. The van der Waals surface area contributed by atoms with Crippen molar-refractivity contribution in [3.63, 3.8) is 0 Å². The highest BCUT2D eigenvalue weighted by atomic mass is 127. The third kappa shape index (κ3) is 6.96. The van der Waals surface area contributed by atoms with Crippen molar-refractivity contribution in [1.82, 2.24) is 10.6 Å². The fourth-order valence-electron chi connectivity index (χ4n) is 1.87. The molecule has 0 aliphatic rings. The average Bonchev–Trinajstić information content (AvgIpc) is 3.10. The number of aliphatic hydroxyl groups excluding tert-OH is 1. The molecule has 0 spiro atoms. The molecule has 0 aromatic carbocycles. The van der Waals surface area contributed by atoms with Gasteiger partial charge in [0.05, 0.1) is 10.9 Å². The van der Waals surface area contributed by atoms with E-state index in [1.54, 1.807) is 17.4 Å². The maximum atomic E-state index is 10.1. The summed E-state index contributed by atoms with van der Waals surface area (Å²) in [5, 5.41) is 16.5. The summed E-state index contributed by atoms with van der Waals surface area (Å²) in [5.41, 5.74) is 0. The van der Waals surface area contributed by atoms with Crippen molar-refractivity contribution < 1.29 is 5.11 Å². The van der Waals surface area contributed by atoms with Crippen LogP contribution in [0.5, 0.6) is 0 Å². The number of hydrogen-bond acceptors (Lipinski definition) is 4. The van der Waals surface area contributed by atoms with Gasteiger partial charge in [-0.15, -0.1) is 46.7 Å². The minimum Gasteiger partial charge on any atom is -0.386 e. The average molecular weight is 486 g/mol. The first kappa shape index (κ1) is 20.7. The van der Waals surface area contributed by atoms with Gasteiger partial charge in [-0.1, -0.05) is 11.6 Å². The van der Waals surface area contributed by atoms with Crippen LogP contribution in [0.25, 0.3) is 0 Å². The van der Waals surface area contributed by atoms with Gasteiger partial charge in [-0.05, 0) is 38.1 Å². The van der Waals surface area contributed by atoms with Crippen molar-refractivity contribution in [3.05, 3.63) is 43.2 Å². The molecule has 0 amide bonds. The van der Waals surface area contributed by atoms with Crippen LogP contribution in [0.3, 0.4) is 0 Å². The predicted octanol–water partition coefficient (Wildman–Crippen LogP) is 4.18. The molecule has 2 rings (SSSR count). The van der Waals surface area contributed by atoms with Gasteiger partial charge in [0.25, 0.3) is 0 Å². The van der Waals surface area contributed by atoms with Crippen molar-refractivity contribution in [2.24, 2.45) is 4.99 Å². The third-order valence-electron chi connectivity index (χ3n) is 2.92. The molecule has 4 nitrogen and oxygen atoms in total. The Labute approximate surface area is 167 Å². The Morgan fingerprint density at radius 1 is 1.26 bits per heavy atom. The van der Waals surface area contributed by atoms with Gasteiger partial charge >= 0.3 is 0 Å². The van der Waals surface area contributed by atoms with Crippen molar-refractivity contribution in [2.45, 2.75) is 26.5 Å². The van der Waals surface area contributed by atoms with Gasteiger partial charge < -0.3 is 15.7 Å². The highest BCUT2D eigenvalue weighted by Gasteiger charge is 2.11. The number of nitrogens with one attached hydrogen (secondary N) is 2. The molecular formula is C15H21ClIN3OS2. The lowest BCUT2D eigenvalue weighted by atomic mass is 10.3. The molecule has 3 N–H and O–H groups in total. The standard InChI is InChI=1S/C15H20ClN3OS2.HI/c1-3-17-15(18-8-11-5-4-10(2)21-11)19-9-12(20)13-6-7-14(16)22-13;/h4-7,12,20H,3,8-9H2,1-2H3,(H2,17,18,19);1H. The van der Waals surface area contributed by atoms with E-state index >= 15 is 0 Å². The first-order valence-corrected chi connectivity index (χ1v) is 9.10. The summed E-state index contributed by atoms with van der Waals surface area (Å²) < 4.78 is 0.683. The lowest BCUT2D eigenvalue weighted by molar-refractivity contribution is 0.184. The van der Waals surface area contributed by atoms with Crippen LogP contribution < -0.4 is 10.6 Å². The predicted molar refractivity (Wildman–Crippen MR) is 112 cm³/mol. The van der Waals surface area contributed by atoms with Crippen LogP contribution in [0, 0.1) is 6.92 Å². The van der Waals surface area contributed by atoms with Crippen LogP contribution >= 0.6 is 58.3 Å². The topological polar surface area (TPSA) is 56.7 Å². The summed E-state index contributed by atoms with van der Waals surface area (Å²) in [6.45, 7) is 5.91. The Kier molecular flexibility index (Phi) is 9.45. The van der Waals surface area contributed by atoms with Crippen LogP contribution in [0.15, 0.2) is 29.3 Å². The number of halogens is 2. The van der Waals surface area contributed by atoms with Gasteiger partial charge in [-0.2, -0.15) is 0 Å². The molecule has 2 aromatic rings. The van der Waals surface area contributed by atoms with E-state index < -0.39 is 6.10 Å². The second-order valence-electron chi connectivity index (χ2n) is 4.75. The van der Waals surface area contributed by atoms with Gasteiger partial charge in [0.1, 0.15) is 6.10 Å². The Hall–Kier alpha value is -0.350. The van der Waals surface area contributed by atoms with Crippen LogP contribution in [0.2, 0.25) is 4.34 Å². The zero-order chi connectivity index (χ0) is 15.9. The first-order valence-electron chi connectivity index (χ1n) is 7.09. The zero-order valence-electron chi connectivity index (χ0n) is 13.0. The van der Waals surface area contributed by atoms with E-state index in [1.807, 2.05) is 13.0 Å². The molecule has 23 heavy (non-hydrogen) atoms. The Bertz CT molecular complexity index is 630. The Morgan fingerprint density at radius 2 is 2.04 bits per heavy atom. The summed E-state index contributed by atoms with van der Waals surface area (Å²) in [6, 6.07) is 7.83. The number of thiophene rings is 2. The molecule has 0 aliphatic heterocycles. The largest absolute Gasteiger partial charge is 0.386 e. The van der Waals surface area contributed by atoms with Gasteiger partial charge in [0.2, 0.25) is 0 Å². The quantitative estimate of drug-likeness (QED) is 0.327. The summed E-state index contributed by atoms with van der Waals surface area (Å²) in [5.74, 6) is 0.704. The zero-order valence-corrected chi connectivity index (χ0v) is 17.7. The van der Waals surface area contributed by atoms with Crippen molar-refractivity contribution >= 4 is 64.2 Å². The van der Waals surface area contributed by atoms with Gasteiger partial charge in [0.15, 0.2) is 5.96 Å². The Morgan fingerprint density at radius 3 is 2.61 bits per heavy atom. The van der Waals surface area contributed by atoms with Gasteiger partial charge in [-0.25, -0.2) is 4.99 Å². The lowest BCUT2D eigenvalue weighted by Gasteiger charge is -2.14. The molecule has 8 heteroatoms. The smallest absolute Gasteiger partial charge is 0.191 e. The minimum atomic E-state index is -0.592. The van der Waals surface area contributed by atoms with E-state index in [9.17, 15) is 5.11 Å². The van der Waals surface area contributed by atoms with Crippen LogP contribution in [-0.2, 0) is 6.54 Å². The van der Waals surface area contributed by atoms with E-state index in [4.69, 9.17) is 11.6 Å². The van der Waals surface area contributed by atoms with Crippen molar-refractivity contribution in [3.8, 4) is 0 Å². The second kappa shape index (κ2) is 10.5. The molecule has 1 atom stereocenters. The van der Waals surface area contributed by atoms with Crippen LogP contribution in [0.4, 0.5) is 0 Å². The minimum absolute atomic E-state index is 0. The van der Waals surface area contributed by atoms with Crippen molar-refractivity contribution in [1.29, 1.82) is 0 Å². The van der Waals surface area contributed by atoms with Crippen molar-refractivity contribution in [2.75, 3.05) is 13.1 Å². The summed E-state index contributed by atoms with van der Waals surface area (Å²) in [7, 11) is 0. The number of aryl methyl sites for hydroxylation is 1. The number of nitrogens with zero attached hydrogens (tertiary/aromatic N) is 1. The maximum absolute atomic E-state index is 10.1. The van der Waals surface area contributed by atoms with E-state index in [0.29, 0.717) is 23.4 Å².